The molecule has 1 saturated heterocycles. The molecule has 3 rings (SSSR count). The van der Waals surface area contributed by atoms with Crippen molar-refractivity contribution < 1.29 is 4.79 Å². The molecule has 1 amide bonds. The number of rotatable bonds is 4. The number of carbonyl (C=O) groups excluding carboxylic acids is 1. The third-order valence-corrected chi connectivity index (χ3v) is 4.39. The summed E-state index contributed by atoms with van der Waals surface area (Å²) in [5.74, 6) is 0.464. The first-order chi connectivity index (χ1) is 11.3. The highest BCUT2D eigenvalue weighted by atomic mass is 16.1. The van der Waals surface area contributed by atoms with Gasteiger partial charge in [-0.25, -0.2) is 0 Å². The van der Waals surface area contributed by atoms with E-state index in [1.165, 1.54) is 18.4 Å². The average molecular weight is 309 g/mol. The van der Waals surface area contributed by atoms with E-state index >= 15 is 0 Å². The van der Waals surface area contributed by atoms with Crippen LogP contribution >= 0.6 is 0 Å². The van der Waals surface area contributed by atoms with Crippen LogP contribution in [0.2, 0.25) is 0 Å². The first kappa shape index (κ1) is 15.7. The van der Waals surface area contributed by atoms with Crippen LogP contribution in [0.3, 0.4) is 0 Å². The fourth-order valence-corrected chi connectivity index (χ4v) is 2.95. The van der Waals surface area contributed by atoms with Gasteiger partial charge in [0.25, 0.3) is 5.91 Å². The average Bonchev–Trinajstić information content (AvgIpc) is 2.63. The number of anilines is 1. The van der Waals surface area contributed by atoms with Crippen molar-refractivity contribution in [3.8, 4) is 0 Å². The van der Waals surface area contributed by atoms with Crippen LogP contribution in [0.25, 0.3) is 0 Å². The zero-order valence-electron chi connectivity index (χ0n) is 13.5. The Labute approximate surface area is 137 Å². The lowest BCUT2D eigenvalue weighted by atomic mass is 9.91. The molecular weight excluding hydrogens is 286 g/mol. The smallest absolute Gasteiger partial charge is 0.257 e. The van der Waals surface area contributed by atoms with E-state index in [-0.39, 0.29) is 5.91 Å². The Kier molecular flexibility index (Phi) is 5.03. The Morgan fingerprint density at radius 1 is 1.26 bits per heavy atom. The number of pyridine rings is 1. The van der Waals surface area contributed by atoms with Gasteiger partial charge in [-0.15, -0.1) is 0 Å². The predicted octanol–water partition coefficient (Wildman–Crippen LogP) is 3.36. The molecule has 4 nitrogen and oxygen atoms in total. The van der Waals surface area contributed by atoms with Crippen molar-refractivity contribution in [1.29, 1.82) is 0 Å². The SMILES string of the molecule is CCc1ccc(C(=O)Nc2ccc([C@@H]3CCCNC3)cc2)cn1. The monoisotopic (exact) mass is 309 g/mol. The molecule has 23 heavy (non-hydrogen) atoms. The van der Waals surface area contributed by atoms with E-state index in [4.69, 9.17) is 0 Å². The van der Waals surface area contributed by atoms with Crippen LogP contribution in [0.1, 0.15) is 47.3 Å². The number of hydrogen-bond donors (Lipinski definition) is 2. The highest BCUT2D eigenvalue weighted by Gasteiger charge is 2.15. The minimum atomic E-state index is -0.118. The molecular formula is C19H23N3O. The first-order valence-electron chi connectivity index (χ1n) is 8.33. The highest BCUT2D eigenvalue weighted by Crippen LogP contribution is 2.24. The molecule has 1 aromatic heterocycles. The molecule has 0 aliphatic carbocycles. The van der Waals surface area contributed by atoms with Gasteiger partial charge in [0.15, 0.2) is 0 Å². The van der Waals surface area contributed by atoms with Gasteiger partial charge < -0.3 is 10.6 Å². The topological polar surface area (TPSA) is 54.0 Å². The second-order valence-corrected chi connectivity index (χ2v) is 6.01. The molecule has 0 saturated carbocycles. The second kappa shape index (κ2) is 7.38. The van der Waals surface area contributed by atoms with Crippen molar-refractivity contribution in [1.82, 2.24) is 10.3 Å². The zero-order valence-corrected chi connectivity index (χ0v) is 13.5. The predicted molar refractivity (Wildman–Crippen MR) is 92.9 cm³/mol. The van der Waals surface area contributed by atoms with Crippen molar-refractivity contribution in [3.63, 3.8) is 0 Å². The fourth-order valence-electron chi connectivity index (χ4n) is 2.95. The van der Waals surface area contributed by atoms with Crippen molar-refractivity contribution >= 4 is 11.6 Å². The molecule has 2 aromatic rings. The number of amides is 1. The Balaban J connectivity index is 1.63. The van der Waals surface area contributed by atoms with Crippen LogP contribution in [0.15, 0.2) is 42.6 Å². The minimum absolute atomic E-state index is 0.118. The van der Waals surface area contributed by atoms with E-state index in [1.807, 2.05) is 31.2 Å². The van der Waals surface area contributed by atoms with Gasteiger partial charge in [-0.1, -0.05) is 19.1 Å². The molecule has 1 aliphatic heterocycles. The summed E-state index contributed by atoms with van der Waals surface area (Å²) in [4.78, 5) is 16.5. The van der Waals surface area contributed by atoms with Crippen LogP contribution in [-0.4, -0.2) is 24.0 Å². The number of nitrogens with zero attached hydrogens (tertiary/aromatic N) is 1. The summed E-state index contributed by atoms with van der Waals surface area (Å²) >= 11 is 0. The van der Waals surface area contributed by atoms with Crippen molar-refractivity contribution in [2.75, 3.05) is 18.4 Å². The largest absolute Gasteiger partial charge is 0.322 e. The van der Waals surface area contributed by atoms with Gasteiger partial charge in [0, 0.05) is 24.1 Å². The summed E-state index contributed by atoms with van der Waals surface area (Å²) in [6.45, 7) is 4.21. The summed E-state index contributed by atoms with van der Waals surface area (Å²) in [6, 6.07) is 11.9. The van der Waals surface area contributed by atoms with Crippen LogP contribution in [0.4, 0.5) is 5.69 Å². The van der Waals surface area contributed by atoms with Crippen molar-refractivity contribution in [3.05, 3.63) is 59.4 Å². The standard InChI is InChI=1S/C19H23N3O/c1-2-17-8-7-16(13-21-17)19(23)22-18-9-5-14(6-10-18)15-4-3-11-20-12-15/h5-10,13,15,20H,2-4,11-12H2,1H3,(H,22,23)/t15-/m1/s1. The normalized spacial score (nSPS) is 17.7. The number of benzene rings is 1. The number of aromatic nitrogens is 1. The molecule has 2 heterocycles. The Hall–Kier alpha value is -2.20. The molecule has 2 N–H and O–H groups in total. The molecule has 1 fully saturated rings. The minimum Gasteiger partial charge on any atom is -0.322 e. The van der Waals surface area contributed by atoms with Crippen molar-refractivity contribution in [2.24, 2.45) is 0 Å². The van der Waals surface area contributed by atoms with Gasteiger partial charge in [-0.3, -0.25) is 9.78 Å². The lowest BCUT2D eigenvalue weighted by Gasteiger charge is -2.23. The van der Waals surface area contributed by atoms with Crippen molar-refractivity contribution in [2.45, 2.75) is 32.1 Å². The van der Waals surface area contributed by atoms with Crippen LogP contribution in [-0.2, 0) is 6.42 Å². The van der Waals surface area contributed by atoms with Gasteiger partial charge in [0.2, 0.25) is 0 Å². The molecule has 0 spiro atoms. The number of carbonyl (C=O) groups is 1. The lowest BCUT2D eigenvalue weighted by molar-refractivity contribution is 0.102. The maximum atomic E-state index is 12.2. The summed E-state index contributed by atoms with van der Waals surface area (Å²) in [5.41, 5.74) is 3.74. The first-order valence-corrected chi connectivity index (χ1v) is 8.33. The molecule has 1 aliphatic rings. The number of hydrogen-bond acceptors (Lipinski definition) is 3. The second-order valence-electron chi connectivity index (χ2n) is 6.01. The van der Waals surface area contributed by atoms with E-state index in [0.717, 1.165) is 30.9 Å². The summed E-state index contributed by atoms with van der Waals surface area (Å²) in [7, 11) is 0. The van der Waals surface area contributed by atoms with E-state index in [1.54, 1.807) is 6.20 Å². The molecule has 1 aromatic carbocycles. The summed E-state index contributed by atoms with van der Waals surface area (Å²) in [6.07, 6.45) is 4.97. The Morgan fingerprint density at radius 3 is 2.70 bits per heavy atom. The Morgan fingerprint density at radius 2 is 2.09 bits per heavy atom. The fraction of sp³-hybridized carbons (Fsp3) is 0.368. The summed E-state index contributed by atoms with van der Waals surface area (Å²) in [5, 5.41) is 6.37. The van der Waals surface area contributed by atoms with E-state index in [9.17, 15) is 4.79 Å². The van der Waals surface area contributed by atoms with Gasteiger partial charge in [0.05, 0.1) is 5.56 Å². The van der Waals surface area contributed by atoms with Gasteiger partial charge in [0.1, 0.15) is 0 Å². The quantitative estimate of drug-likeness (QED) is 0.910. The maximum absolute atomic E-state index is 12.2. The van der Waals surface area contributed by atoms with Crippen LogP contribution in [0.5, 0.6) is 0 Å². The maximum Gasteiger partial charge on any atom is 0.257 e. The molecule has 120 valence electrons. The number of aryl methyl sites for hydroxylation is 1. The number of nitrogens with one attached hydrogen (secondary N) is 2. The Bertz CT molecular complexity index is 643. The molecule has 4 heteroatoms. The molecule has 1 atom stereocenters. The van der Waals surface area contributed by atoms with Crippen LogP contribution < -0.4 is 10.6 Å². The van der Waals surface area contributed by atoms with Gasteiger partial charge >= 0.3 is 0 Å². The third kappa shape index (κ3) is 3.96. The lowest BCUT2D eigenvalue weighted by Crippen LogP contribution is -2.28. The number of piperidine rings is 1. The van der Waals surface area contributed by atoms with Gasteiger partial charge in [-0.2, -0.15) is 0 Å². The molecule has 0 bridgehead atoms. The van der Waals surface area contributed by atoms with E-state index < -0.39 is 0 Å². The highest BCUT2D eigenvalue weighted by molar-refractivity contribution is 6.04. The summed E-state index contributed by atoms with van der Waals surface area (Å²) < 4.78 is 0. The molecule has 0 unspecified atom stereocenters. The van der Waals surface area contributed by atoms with E-state index in [0.29, 0.717) is 11.5 Å². The third-order valence-electron chi connectivity index (χ3n) is 4.39. The van der Waals surface area contributed by atoms with E-state index in [2.05, 4.69) is 27.8 Å². The van der Waals surface area contributed by atoms with Crippen LogP contribution in [0, 0.1) is 0 Å². The van der Waals surface area contributed by atoms with Gasteiger partial charge in [-0.05, 0) is 61.6 Å². The zero-order chi connectivity index (χ0) is 16.1. The molecule has 0 radical (unpaired) electrons.